The highest BCUT2D eigenvalue weighted by molar-refractivity contribution is 5.91. The van der Waals surface area contributed by atoms with Gasteiger partial charge in [0.2, 0.25) is 0 Å². The summed E-state index contributed by atoms with van der Waals surface area (Å²) in [4.78, 5) is 19.5. The molecule has 0 unspecified atom stereocenters. The van der Waals surface area contributed by atoms with Gasteiger partial charge < -0.3 is 4.98 Å². The second-order valence-corrected chi connectivity index (χ2v) is 4.13. The maximum Gasteiger partial charge on any atom is 0.277 e. The van der Waals surface area contributed by atoms with Crippen molar-refractivity contribution in [2.75, 3.05) is 0 Å². The highest BCUT2D eigenvalue weighted by Crippen LogP contribution is 2.24. The molecular formula is C14H13N3O. The standard InChI is InChI=1S/C14H13N3O/c1-2-17-9-16-12-11(8-15-13(12)14(17)18)10-6-4-3-5-7-10/h3-9,15H,2H2,1H3. The quantitative estimate of drug-likeness (QED) is 0.746. The molecule has 90 valence electrons. The van der Waals surface area contributed by atoms with E-state index in [-0.39, 0.29) is 5.56 Å². The Morgan fingerprint density at radius 1 is 1.28 bits per heavy atom. The molecule has 18 heavy (non-hydrogen) atoms. The van der Waals surface area contributed by atoms with E-state index in [4.69, 9.17) is 0 Å². The van der Waals surface area contributed by atoms with Crippen molar-refractivity contribution < 1.29 is 0 Å². The Balaban J connectivity index is 2.29. The van der Waals surface area contributed by atoms with Crippen molar-refractivity contribution >= 4 is 11.0 Å². The van der Waals surface area contributed by atoms with Crippen molar-refractivity contribution in [2.24, 2.45) is 0 Å². The molecule has 0 fully saturated rings. The summed E-state index contributed by atoms with van der Waals surface area (Å²) in [5.41, 5.74) is 3.30. The summed E-state index contributed by atoms with van der Waals surface area (Å²) < 4.78 is 1.59. The number of rotatable bonds is 2. The van der Waals surface area contributed by atoms with Crippen LogP contribution in [-0.4, -0.2) is 14.5 Å². The normalized spacial score (nSPS) is 10.9. The van der Waals surface area contributed by atoms with E-state index in [0.29, 0.717) is 12.1 Å². The molecule has 0 aliphatic heterocycles. The number of aryl methyl sites for hydroxylation is 1. The number of aromatic nitrogens is 3. The highest BCUT2D eigenvalue weighted by atomic mass is 16.1. The maximum absolute atomic E-state index is 12.1. The summed E-state index contributed by atoms with van der Waals surface area (Å²) >= 11 is 0. The van der Waals surface area contributed by atoms with Gasteiger partial charge in [0.05, 0.1) is 6.33 Å². The van der Waals surface area contributed by atoms with Crippen LogP contribution < -0.4 is 5.56 Å². The largest absolute Gasteiger partial charge is 0.355 e. The molecule has 0 radical (unpaired) electrons. The van der Waals surface area contributed by atoms with Crippen LogP contribution in [0.5, 0.6) is 0 Å². The molecule has 2 heterocycles. The second-order valence-electron chi connectivity index (χ2n) is 4.13. The highest BCUT2D eigenvalue weighted by Gasteiger charge is 2.10. The van der Waals surface area contributed by atoms with Crippen molar-refractivity contribution in [3.8, 4) is 11.1 Å². The van der Waals surface area contributed by atoms with Crippen molar-refractivity contribution in [3.05, 3.63) is 53.2 Å². The van der Waals surface area contributed by atoms with E-state index in [1.165, 1.54) is 0 Å². The molecule has 3 rings (SSSR count). The van der Waals surface area contributed by atoms with E-state index in [1.807, 2.05) is 43.5 Å². The van der Waals surface area contributed by atoms with Crippen LogP contribution in [0.15, 0.2) is 47.7 Å². The molecule has 0 bridgehead atoms. The topological polar surface area (TPSA) is 50.7 Å². The second kappa shape index (κ2) is 4.14. The van der Waals surface area contributed by atoms with E-state index in [0.717, 1.165) is 16.6 Å². The number of nitrogens with zero attached hydrogens (tertiary/aromatic N) is 2. The fourth-order valence-electron chi connectivity index (χ4n) is 2.10. The molecule has 0 aliphatic carbocycles. The number of fused-ring (bicyclic) bond motifs is 1. The lowest BCUT2D eigenvalue weighted by Crippen LogP contribution is -2.19. The van der Waals surface area contributed by atoms with Gasteiger partial charge in [-0.05, 0) is 12.5 Å². The van der Waals surface area contributed by atoms with Gasteiger partial charge in [0.15, 0.2) is 0 Å². The van der Waals surface area contributed by atoms with Crippen molar-refractivity contribution in [2.45, 2.75) is 13.5 Å². The van der Waals surface area contributed by atoms with Gasteiger partial charge in [-0.1, -0.05) is 30.3 Å². The summed E-state index contributed by atoms with van der Waals surface area (Å²) in [6.07, 6.45) is 3.44. The molecule has 0 saturated carbocycles. The minimum Gasteiger partial charge on any atom is -0.355 e. The van der Waals surface area contributed by atoms with Crippen LogP contribution in [0.4, 0.5) is 0 Å². The summed E-state index contributed by atoms with van der Waals surface area (Å²) in [6, 6.07) is 9.93. The fourth-order valence-corrected chi connectivity index (χ4v) is 2.10. The van der Waals surface area contributed by atoms with Crippen LogP contribution in [-0.2, 0) is 6.54 Å². The van der Waals surface area contributed by atoms with Crippen molar-refractivity contribution in [1.29, 1.82) is 0 Å². The minimum absolute atomic E-state index is 0.0234. The molecular weight excluding hydrogens is 226 g/mol. The third-order valence-corrected chi connectivity index (χ3v) is 3.08. The van der Waals surface area contributed by atoms with Crippen molar-refractivity contribution in [1.82, 2.24) is 14.5 Å². The first kappa shape index (κ1) is 10.8. The van der Waals surface area contributed by atoms with Gasteiger partial charge in [-0.15, -0.1) is 0 Å². The molecule has 2 aromatic heterocycles. The number of benzene rings is 1. The molecule has 0 saturated heterocycles. The average molecular weight is 239 g/mol. The molecule has 0 spiro atoms. The van der Waals surface area contributed by atoms with Gasteiger partial charge in [0, 0.05) is 18.3 Å². The number of H-pyrrole nitrogens is 1. The summed E-state index contributed by atoms with van der Waals surface area (Å²) in [5, 5.41) is 0. The zero-order valence-electron chi connectivity index (χ0n) is 10.1. The van der Waals surface area contributed by atoms with Gasteiger partial charge >= 0.3 is 0 Å². The predicted molar refractivity (Wildman–Crippen MR) is 71.5 cm³/mol. The van der Waals surface area contributed by atoms with Gasteiger partial charge in [0.1, 0.15) is 11.0 Å². The van der Waals surface area contributed by atoms with E-state index in [2.05, 4.69) is 9.97 Å². The van der Waals surface area contributed by atoms with Crippen LogP contribution in [0.1, 0.15) is 6.92 Å². The molecule has 0 amide bonds. The summed E-state index contributed by atoms with van der Waals surface area (Å²) in [6.45, 7) is 2.55. The molecule has 0 atom stereocenters. The van der Waals surface area contributed by atoms with Crippen LogP contribution in [0.25, 0.3) is 22.2 Å². The Morgan fingerprint density at radius 3 is 2.78 bits per heavy atom. The van der Waals surface area contributed by atoms with Gasteiger partial charge in [-0.2, -0.15) is 0 Å². The first-order valence-corrected chi connectivity index (χ1v) is 5.93. The first-order valence-electron chi connectivity index (χ1n) is 5.93. The summed E-state index contributed by atoms with van der Waals surface area (Å²) in [7, 11) is 0. The monoisotopic (exact) mass is 239 g/mol. The van der Waals surface area contributed by atoms with Crippen molar-refractivity contribution in [3.63, 3.8) is 0 Å². The van der Waals surface area contributed by atoms with Crippen LogP contribution >= 0.6 is 0 Å². The average Bonchev–Trinajstić information content (AvgIpc) is 2.85. The lowest BCUT2D eigenvalue weighted by atomic mass is 10.1. The number of hydrogen-bond acceptors (Lipinski definition) is 2. The number of hydrogen-bond donors (Lipinski definition) is 1. The van der Waals surface area contributed by atoms with E-state index < -0.39 is 0 Å². The van der Waals surface area contributed by atoms with Crippen LogP contribution in [0.3, 0.4) is 0 Å². The van der Waals surface area contributed by atoms with Gasteiger partial charge in [0.25, 0.3) is 5.56 Å². The molecule has 3 aromatic rings. The Hall–Kier alpha value is -2.36. The number of nitrogens with one attached hydrogen (secondary N) is 1. The van der Waals surface area contributed by atoms with Gasteiger partial charge in [-0.25, -0.2) is 4.98 Å². The molecule has 4 nitrogen and oxygen atoms in total. The minimum atomic E-state index is -0.0234. The van der Waals surface area contributed by atoms with Crippen LogP contribution in [0.2, 0.25) is 0 Å². The Bertz CT molecular complexity index is 741. The maximum atomic E-state index is 12.1. The Labute approximate surface area is 104 Å². The zero-order chi connectivity index (χ0) is 12.5. The predicted octanol–water partition coefficient (Wildman–Crippen LogP) is 2.41. The smallest absolute Gasteiger partial charge is 0.277 e. The molecule has 4 heteroatoms. The fraction of sp³-hybridized carbons (Fsp3) is 0.143. The SMILES string of the molecule is CCn1cnc2c(-c3ccccc3)c[nH]c2c1=O. The third-order valence-electron chi connectivity index (χ3n) is 3.08. The molecule has 1 aromatic carbocycles. The lowest BCUT2D eigenvalue weighted by Gasteiger charge is -2.01. The molecule has 1 N–H and O–H groups in total. The number of aromatic amines is 1. The Morgan fingerprint density at radius 2 is 2.06 bits per heavy atom. The first-order chi connectivity index (χ1) is 8.81. The zero-order valence-corrected chi connectivity index (χ0v) is 10.1. The van der Waals surface area contributed by atoms with E-state index in [9.17, 15) is 4.79 Å². The Kier molecular flexibility index (Phi) is 2.48. The third kappa shape index (κ3) is 1.54. The summed E-state index contributed by atoms with van der Waals surface area (Å²) in [5.74, 6) is 0. The van der Waals surface area contributed by atoms with E-state index in [1.54, 1.807) is 10.9 Å². The van der Waals surface area contributed by atoms with Crippen LogP contribution in [0, 0.1) is 0 Å². The van der Waals surface area contributed by atoms with Gasteiger partial charge in [-0.3, -0.25) is 9.36 Å². The van der Waals surface area contributed by atoms with E-state index >= 15 is 0 Å². The lowest BCUT2D eigenvalue weighted by molar-refractivity contribution is 0.716. The molecule has 0 aliphatic rings.